The Kier molecular flexibility index (Phi) is 10.3. The molecule has 2 saturated heterocycles. The molecular weight excluding hydrogens is 544 g/mol. The smallest absolute Gasteiger partial charge is 0.475 e. The molecule has 0 saturated carbocycles. The average Bonchev–Trinajstić information content (AvgIpc) is 3.43. The maximum Gasteiger partial charge on any atom is 0.490 e. The first-order valence-corrected chi connectivity index (χ1v) is 12.0. The number of likely N-dealkylation sites (tertiary alicyclic amines) is 2. The van der Waals surface area contributed by atoms with Crippen molar-refractivity contribution < 1.29 is 50.9 Å². The van der Waals surface area contributed by atoms with Crippen molar-refractivity contribution in [3.63, 3.8) is 0 Å². The summed E-state index contributed by atoms with van der Waals surface area (Å²) in [5.41, 5.74) is 2.63. The Balaban J connectivity index is 0.000000301. The molecule has 4 heterocycles. The van der Waals surface area contributed by atoms with Gasteiger partial charge >= 0.3 is 24.3 Å². The molecule has 2 N–H and O–H groups in total. The number of carboxylic acid groups (broad SMARTS) is 2. The quantitative estimate of drug-likeness (QED) is 0.528. The Labute approximate surface area is 217 Å². The summed E-state index contributed by atoms with van der Waals surface area (Å²) in [6.07, 6.45) is -3.75. The molecule has 2 aliphatic rings. The van der Waals surface area contributed by atoms with Crippen LogP contribution in [0.4, 0.5) is 26.3 Å². The summed E-state index contributed by atoms with van der Waals surface area (Å²) in [4.78, 5) is 39.0. The third kappa shape index (κ3) is 8.15. The fourth-order valence-corrected chi connectivity index (χ4v) is 5.09. The number of pyridine rings is 1. The van der Waals surface area contributed by atoms with E-state index < -0.39 is 24.3 Å². The molecule has 0 radical (unpaired) electrons. The van der Waals surface area contributed by atoms with Crippen molar-refractivity contribution in [3.05, 3.63) is 52.5 Å². The highest BCUT2D eigenvalue weighted by atomic mass is 32.1. The minimum Gasteiger partial charge on any atom is -0.475 e. The molecule has 1 spiro atoms. The molecule has 38 heavy (non-hydrogen) atoms. The summed E-state index contributed by atoms with van der Waals surface area (Å²) in [5.74, 6) is -4.94. The van der Waals surface area contributed by atoms with Crippen LogP contribution in [0.1, 0.15) is 36.3 Å². The van der Waals surface area contributed by atoms with E-state index in [0.29, 0.717) is 12.3 Å². The lowest BCUT2D eigenvalue weighted by Gasteiger charge is -2.46. The highest BCUT2D eigenvalue weighted by Gasteiger charge is 2.52. The van der Waals surface area contributed by atoms with Crippen LogP contribution in [0.2, 0.25) is 0 Å². The zero-order valence-corrected chi connectivity index (χ0v) is 20.8. The Morgan fingerprint density at radius 2 is 1.53 bits per heavy atom. The maximum absolute atomic E-state index is 12.5. The lowest BCUT2D eigenvalue weighted by Crippen LogP contribution is -2.53. The van der Waals surface area contributed by atoms with Crippen LogP contribution >= 0.6 is 11.3 Å². The highest BCUT2D eigenvalue weighted by Crippen LogP contribution is 2.48. The highest BCUT2D eigenvalue weighted by molar-refractivity contribution is 7.07. The molecule has 2 aromatic heterocycles. The van der Waals surface area contributed by atoms with E-state index in [1.165, 1.54) is 11.1 Å². The molecule has 2 aromatic rings. The maximum atomic E-state index is 12.5. The molecule has 0 aliphatic carbocycles. The lowest BCUT2D eigenvalue weighted by atomic mass is 9.74. The van der Waals surface area contributed by atoms with Gasteiger partial charge in [0.2, 0.25) is 5.91 Å². The van der Waals surface area contributed by atoms with Crippen LogP contribution < -0.4 is 0 Å². The van der Waals surface area contributed by atoms with E-state index in [1.807, 2.05) is 24.3 Å². The second-order valence-corrected chi connectivity index (χ2v) is 9.39. The zero-order chi connectivity index (χ0) is 28.7. The lowest BCUT2D eigenvalue weighted by molar-refractivity contribution is -0.193. The molecule has 15 heteroatoms. The molecule has 2 aliphatic heterocycles. The second-order valence-electron chi connectivity index (χ2n) is 8.61. The van der Waals surface area contributed by atoms with E-state index in [2.05, 4.69) is 38.8 Å². The number of hydrogen-bond acceptors (Lipinski definition) is 6. The number of likely N-dealkylation sites (N-methyl/N-ethyl adjacent to an activating group) is 1. The van der Waals surface area contributed by atoms with Gasteiger partial charge in [-0.05, 0) is 52.9 Å². The van der Waals surface area contributed by atoms with Gasteiger partial charge in [0.25, 0.3) is 0 Å². The first-order valence-electron chi connectivity index (χ1n) is 11.1. The van der Waals surface area contributed by atoms with Gasteiger partial charge in [-0.1, -0.05) is 0 Å². The minimum absolute atomic E-state index is 0.0242. The third-order valence-electron chi connectivity index (χ3n) is 6.37. The summed E-state index contributed by atoms with van der Waals surface area (Å²) in [7, 11) is 2.00. The number of amides is 1. The SMILES string of the molecule is CN1C(=O)CC(c2ccncc2)C12CCN(Cc1ccsc1)CC2.O=C(O)C(F)(F)F.O=C(O)C(F)(F)F. The van der Waals surface area contributed by atoms with Crippen molar-refractivity contribution in [1.29, 1.82) is 0 Å². The van der Waals surface area contributed by atoms with Crippen molar-refractivity contribution in [2.45, 2.75) is 49.6 Å². The number of rotatable bonds is 3. The van der Waals surface area contributed by atoms with Crippen molar-refractivity contribution in [1.82, 2.24) is 14.8 Å². The Bertz CT molecular complexity index is 1050. The van der Waals surface area contributed by atoms with Gasteiger partial charge in [0, 0.05) is 51.4 Å². The van der Waals surface area contributed by atoms with E-state index in [0.717, 1.165) is 32.5 Å². The van der Waals surface area contributed by atoms with Gasteiger partial charge in [-0.2, -0.15) is 37.7 Å². The summed E-state index contributed by atoms with van der Waals surface area (Å²) >= 11 is 1.76. The van der Waals surface area contributed by atoms with Crippen molar-refractivity contribution in [2.75, 3.05) is 20.1 Å². The van der Waals surface area contributed by atoms with Crippen molar-refractivity contribution in [2.24, 2.45) is 0 Å². The molecule has 0 bridgehead atoms. The van der Waals surface area contributed by atoms with Crippen LogP contribution in [-0.2, 0) is 20.9 Å². The van der Waals surface area contributed by atoms with Crippen LogP contribution in [0, 0.1) is 0 Å². The molecule has 210 valence electrons. The van der Waals surface area contributed by atoms with Crippen molar-refractivity contribution in [3.8, 4) is 0 Å². The molecule has 8 nitrogen and oxygen atoms in total. The van der Waals surface area contributed by atoms with Crippen LogP contribution in [0.3, 0.4) is 0 Å². The molecule has 4 rings (SSSR count). The number of hydrogen-bond donors (Lipinski definition) is 2. The largest absolute Gasteiger partial charge is 0.490 e. The van der Waals surface area contributed by atoms with E-state index >= 15 is 0 Å². The third-order valence-corrected chi connectivity index (χ3v) is 7.10. The Morgan fingerprint density at radius 1 is 1.03 bits per heavy atom. The minimum atomic E-state index is -5.08. The predicted octanol–water partition coefficient (Wildman–Crippen LogP) is 4.39. The van der Waals surface area contributed by atoms with E-state index in [-0.39, 0.29) is 11.4 Å². The van der Waals surface area contributed by atoms with Gasteiger partial charge in [-0.15, -0.1) is 0 Å². The van der Waals surface area contributed by atoms with Crippen LogP contribution in [0.15, 0.2) is 41.4 Å². The molecule has 0 aromatic carbocycles. The zero-order valence-electron chi connectivity index (χ0n) is 20.0. The van der Waals surface area contributed by atoms with Gasteiger partial charge in [-0.3, -0.25) is 14.7 Å². The average molecular weight is 570 g/mol. The van der Waals surface area contributed by atoms with Gasteiger partial charge in [0.05, 0.1) is 5.54 Å². The Hall–Kier alpha value is -3.20. The number of aliphatic carboxylic acids is 2. The number of alkyl halides is 6. The van der Waals surface area contributed by atoms with E-state index in [9.17, 15) is 31.1 Å². The number of piperidine rings is 1. The molecule has 1 amide bonds. The van der Waals surface area contributed by atoms with Gasteiger partial charge < -0.3 is 15.1 Å². The summed E-state index contributed by atoms with van der Waals surface area (Å²) in [6, 6.07) is 6.37. The number of aromatic nitrogens is 1. The second kappa shape index (κ2) is 12.6. The number of carbonyl (C=O) groups is 3. The van der Waals surface area contributed by atoms with Crippen molar-refractivity contribution >= 4 is 29.2 Å². The first kappa shape index (κ1) is 31.0. The number of halogens is 6. The topological polar surface area (TPSA) is 111 Å². The number of carbonyl (C=O) groups excluding carboxylic acids is 1. The summed E-state index contributed by atoms with van der Waals surface area (Å²) in [6.45, 7) is 3.13. The molecule has 2 fully saturated rings. The van der Waals surface area contributed by atoms with E-state index in [4.69, 9.17) is 19.8 Å². The number of carboxylic acids is 2. The standard InChI is InChI=1S/C19H23N3OS.2C2HF3O2/c1-21-18(23)12-17(16-2-7-20-8-3-16)19(21)5-9-22(10-6-19)13-15-4-11-24-14-15;2*3-2(4,5)1(6)7/h2-4,7-8,11,14,17H,5-6,9-10,12-13H2,1H3;2*(H,6,7). The number of nitrogens with zero attached hydrogens (tertiary/aromatic N) is 3. The predicted molar refractivity (Wildman–Crippen MR) is 123 cm³/mol. The first-order chi connectivity index (χ1) is 17.6. The monoisotopic (exact) mass is 569 g/mol. The fraction of sp³-hybridized carbons (Fsp3) is 0.478. The summed E-state index contributed by atoms with van der Waals surface area (Å²) < 4.78 is 63.5. The summed E-state index contributed by atoms with van der Waals surface area (Å²) in [5, 5.41) is 18.6. The molecule has 1 unspecified atom stereocenters. The Morgan fingerprint density at radius 3 is 1.95 bits per heavy atom. The van der Waals surface area contributed by atoms with Gasteiger partial charge in [0.15, 0.2) is 0 Å². The normalized spacial score (nSPS) is 19.3. The molecular formula is C23H25F6N3O5S. The van der Waals surface area contributed by atoms with Crippen LogP contribution in [0.5, 0.6) is 0 Å². The van der Waals surface area contributed by atoms with Gasteiger partial charge in [-0.25, -0.2) is 9.59 Å². The van der Waals surface area contributed by atoms with Crippen LogP contribution in [-0.4, -0.2) is 80.9 Å². The molecule has 1 atom stereocenters. The van der Waals surface area contributed by atoms with E-state index in [1.54, 1.807) is 11.3 Å². The van der Waals surface area contributed by atoms with Crippen LogP contribution in [0.25, 0.3) is 0 Å². The fourth-order valence-electron chi connectivity index (χ4n) is 4.43. The number of thiophene rings is 1. The van der Waals surface area contributed by atoms with Gasteiger partial charge in [0.1, 0.15) is 0 Å².